The van der Waals surface area contributed by atoms with Crippen molar-refractivity contribution in [3.05, 3.63) is 43.7 Å². The topological polar surface area (TPSA) is 147 Å². The molecule has 2 aromatic heterocycles. The van der Waals surface area contributed by atoms with Gasteiger partial charge in [-0.25, -0.2) is 9.78 Å². The molecule has 0 aromatic carbocycles. The molecule has 0 atom stereocenters. The van der Waals surface area contributed by atoms with Crippen LogP contribution in [0.5, 0.6) is 0 Å². The number of pyridine rings is 1. The minimum Gasteiger partial charge on any atom is -0.383 e. The first-order chi connectivity index (χ1) is 15.2. The fraction of sp³-hybridized carbons (Fsp3) is 0.476. The number of hydrogen-bond donors (Lipinski definition) is 2. The lowest BCUT2D eigenvalue weighted by atomic mass is 10.1. The van der Waals surface area contributed by atoms with Crippen LogP contribution in [0.1, 0.15) is 36.6 Å². The summed E-state index contributed by atoms with van der Waals surface area (Å²) in [4.78, 5) is 45.8. The Balaban J connectivity index is 2.41. The van der Waals surface area contributed by atoms with Crippen molar-refractivity contribution in [3.8, 4) is 6.07 Å². The van der Waals surface area contributed by atoms with Crippen LogP contribution in [0.2, 0.25) is 0 Å². The first-order valence-corrected chi connectivity index (χ1v) is 11.2. The molecule has 2 aromatic rings. The summed E-state index contributed by atoms with van der Waals surface area (Å²) >= 11 is 1.11. The SMILES string of the molecule is CCCCn1c(N)c(N(CCOC)C(=O)CSc2nc(C)cc(C)c2C#N)c(=O)[nH]c1=O. The van der Waals surface area contributed by atoms with Gasteiger partial charge in [0.15, 0.2) is 5.69 Å². The van der Waals surface area contributed by atoms with Crippen LogP contribution in [0.15, 0.2) is 20.7 Å². The van der Waals surface area contributed by atoms with E-state index in [1.54, 1.807) is 6.07 Å². The number of H-pyrrole nitrogens is 1. The molecule has 1 amide bonds. The molecule has 0 bridgehead atoms. The molecule has 0 radical (unpaired) electrons. The lowest BCUT2D eigenvalue weighted by molar-refractivity contribution is -0.116. The molecule has 172 valence electrons. The normalized spacial score (nSPS) is 10.7. The maximum Gasteiger partial charge on any atom is 0.330 e. The van der Waals surface area contributed by atoms with Crippen molar-refractivity contribution < 1.29 is 9.53 Å². The second kappa shape index (κ2) is 11.5. The third kappa shape index (κ3) is 5.77. The molecule has 2 heterocycles. The summed E-state index contributed by atoms with van der Waals surface area (Å²) in [6.07, 6.45) is 1.51. The van der Waals surface area contributed by atoms with E-state index in [0.717, 1.165) is 29.4 Å². The highest BCUT2D eigenvalue weighted by Gasteiger charge is 2.24. The molecule has 0 fully saturated rings. The molecule has 0 unspecified atom stereocenters. The van der Waals surface area contributed by atoms with E-state index in [1.807, 2.05) is 20.8 Å². The highest BCUT2D eigenvalue weighted by atomic mass is 32.2. The van der Waals surface area contributed by atoms with Gasteiger partial charge >= 0.3 is 5.69 Å². The predicted molar refractivity (Wildman–Crippen MR) is 124 cm³/mol. The number of rotatable bonds is 10. The minimum absolute atomic E-state index is 0.0658. The number of aromatic amines is 1. The van der Waals surface area contributed by atoms with E-state index in [9.17, 15) is 19.6 Å². The number of unbranched alkanes of at least 4 members (excludes halogenated alkanes) is 1. The van der Waals surface area contributed by atoms with E-state index in [-0.39, 0.29) is 30.4 Å². The fourth-order valence-corrected chi connectivity index (χ4v) is 4.15. The fourth-order valence-electron chi connectivity index (χ4n) is 3.17. The smallest absolute Gasteiger partial charge is 0.330 e. The molecule has 32 heavy (non-hydrogen) atoms. The Labute approximate surface area is 190 Å². The number of thioether (sulfide) groups is 1. The number of ether oxygens (including phenoxy) is 1. The number of aryl methyl sites for hydroxylation is 2. The van der Waals surface area contributed by atoms with Gasteiger partial charge in [0, 0.05) is 25.9 Å². The van der Waals surface area contributed by atoms with Gasteiger partial charge < -0.3 is 15.4 Å². The summed E-state index contributed by atoms with van der Waals surface area (Å²) in [6.45, 7) is 6.14. The summed E-state index contributed by atoms with van der Waals surface area (Å²) in [7, 11) is 1.48. The van der Waals surface area contributed by atoms with Gasteiger partial charge in [0.05, 0.1) is 17.9 Å². The van der Waals surface area contributed by atoms with Gasteiger partial charge in [-0.2, -0.15) is 5.26 Å². The second-order valence-corrected chi connectivity index (χ2v) is 8.16. The quantitative estimate of drug-likeness (QED) is 0.508. The van der Waals surface area contributed by atoms with E-state index in [0.29, 0.717) is 23.6 Å². The Morgan fingerprint density at radius 2 is 2.12 bits per heavy atom. The standard InChI is InChI=1S/C21H28N6O4S/c1-5-6-7-27-18(23)17(19(29)25-21(27)30)26(8-9-31-4)16(28)12-32-20-15(11-22)13(2)10-14(3)24-20/h10H,5-9,12,23H2,1-4H3,(H,25,29,30). The number of amides is 1. The van der Waals surface area contributed by atoms with Gasteiger partial charge in [-0.05, 0) is 31.9 Å². The number of aromatic nitrogens is 3. The third-order valence-corrected chi connectivity index (χ3v) is 5.76. The number of methoxy groups -OCH3 is 1. The van der Waals surface area contributed by atoms with E-state index in [4.69, 9.17) is 10.5 Å². The van der Waals surface area contributed by atoms with Crippen molar-refractivity contribution in [1.82, 2.24) is 14.5 Å². The largest absolute Gasteiger partial charge is 0.383 e. The first-order valence-electron chi connectivity index (χ1n) is 10.2. The van der Waals surface area contributed by atoms with Crippen molar-refractivity contribution >= 4 is 29.2 Å². The van der Waals surface area contributed by atoms with E-state index in [1.165, 1.54) is 16.6 Å². The molecule has 0 aliphatic rings. The van der Waals surface area contributed by atoms with Crippen molar-refractivity contribution in [3.63, 3.8) is 0 Å². The highest BCUT2D eigenvalue weighted by Crippen LogP contribution is 2.25. The zero-order chi connectivity index (χ0) is 23.8. The van der Waals surface area contributed by atoms with Crippen LogP contribution in [0.3, 0.4) is 0 Å². The van der Waals surface area contributed by atoms with E-state index < -0.39 is 17.2 Å². The third-order valence-electron chi connectivity index (χ3n) is 4.80. The van der Waals surface area contributed by atoms with Gasteiger partial charge in [-0.1, -0.05) is 25.1 Å². The molecule has 0 aliphatic carbocycles. The van der Waals surface area contributed by atoms with Crippen molar-refractivity contribution in [1.29, 1.82) is 5.26 Å². The Bertz CT molecular complexity index is 1130. The molecule has 3 N–H and O–H groups in total. The number of carbonyl (C=O) groups excluding carboxylic acids is 1. The molecule has 0 saturated heterocycles. The van der Waals surface area contributed by atoms with Gasteiger partial charge in [0.2, 0.25) is 5.91 Å². The van der Waals surface area contributed by atoms with Crippen molar-refractivity contribution in [2.75, 3.05) is 36.6 Å². The molecular weight excluding hydrogens is 432 g/mol. The summed E-state index contributed by atoms with van der Waals surface area (Å²) < 4.78 is 6.36. The summed E-state index contributed by atoms with van der Waals surface area (Å²) in [5, 5.41) is 9.89. The number of carbonyl (C=O) groups is 1. The van der Waals surface area contributed by atoms with Crippen LogP contribution >= 0.6 is 11.8 Å². The zero-order valence-electron chi connectivity index (χ0n) is 18.7. The molecule has 0 spiro atoms. The zero-order valence-corrected chi connectivity index (χ0v) is 19.5. The number of nitrogen functional groups attached to an aromatic ring is 1. The number of nitrogens with two attached hydrogens (primary N) is 1. The Hall–Kier alpha value is -3.10. The average Bonchev–Trinajstić information content (AvgIpc) is 2.73. The summed E-state index contributed by atoms with van der Waals surface area (Å²) in [6, 6.07) is 3.92. The van der Waals surface area contributed by atoms with Crippen molar-refractivity contribution in [2.45, 2.75) is 45.2 Å². The maximum absolute atomic E-state index is 13.2. The molecule has 11 heteroatoms. The maximum atomic E-state index is 13.2. The Morgan fingerprint density at radius 1 is 1.41 bits per heavy atom. The van der Waals surface area contributed by atoms with E-state index in [2.05, 4.69) is 16.0 Å². The Kier molecular flexibility index (Phi) is 9.04. The van der Waals surface area contributed by atoms with Crippen LogP contribution in [0, 0.1) is 25.2 Å². The van der Waals surface area contributed by atoms with Crippen LogP contribution in [0.25, 0.3) is 0 Å². The average molecular weight is 461 g/mol. The minimum atomic E-state index is -0.739. The number of nitrogens with zero attached hydrogens (tertiary/aromatic N) is 4. The number of nitrogens with one attached hydrogen (secondary N) is 1. The number of hydrogen-bond acceptors (Lipinski definition) is 8. The Morgan fingerprint density at radius 3 is 2.75 bits per heavy atom. The lowest BCUT2D eigenvalue weighted by Gasteiger charge is -2.24. The first kappa shape index (κ1) is 25.2. The van der Waals surface area contributed by atoms with Gasteiger partial charge in [0.1, 0.15) is 16.9 Å². The molecule has 10 nitrogen and oxygen atoms in total. The molecule has 2 rings (SSSR count). The van der Waals surface area contributed by atoms with Gasteiger partial charge in [0.25, 0.3) is 5.56 Å². The summed E-state index contributed by atoms with van der Waals surface area (Å²) in [5.74, 6) is -0.569. The predicted octanol–water partition coefficient (Wildman–Crippen LogP) is 1.57. The number of anilines is 2. The van der Waals surface area contributed by atoms with Crippen LogP contribution in [-0.4, -0.2) is 46.5 Å². The van der Waals surface area contributed by atoms with Crippen LogP contribution < -0.4 is 21.9 Å². The van der Waals surface area contributed by atoms with Crippen LogP contribution in [0.4, 0.5) is 11.5 Å². The summed E-state index contributed by atoms with van der Waals surface area (Å²) in [5.41, 5.74) is 6.65. The van der Waals surface area contributed by atoms with Crippen LogP contribution in [-0.2, 0) is 16.1 Å². The van der Waals surface area contributed by atoms with Gasteiger partial charge in [-0.3, -0.25) is 19.1 Å². The lowest BCUT2D eigenvalue weighted by Crippen LogP contribution is -2.43. The number of nitriles is 1. The molecule has 0 aliphatic heterocycles. The van der Waals surface area contributed by atoms with Crippen molar-refractivity contribution in [2.24, 2.45) is 0 Å². The highest BCUT2D eigenvalue weighted by molar-refractivity contribution is 8.00. The molecule has 0 saturated carbocycles. The van der Waals surface area contributed by atoms with E-state index >= 15 is 0 Å². The second-order valence-electron chi connectivity index (χ2n) is 7.20. The monoisotopic (exact) mass is 460 g/mol. The van der Waals surface area contributed by atoms with Gasteiger partial charge in [-0.15, -0.1) is 0 Å². The molecular formula is C21H28N6O4S.